The topological polar surface area (TPSA) is 50.8 Å². The van der Waals surface area contributed by atoms with Gasteiger partial charge in [-0.2, -0.15) is 0 Å². The molecular weight excluding hydrogens is 336 g/mol. The Morgan fingerprint density at radius 3 is 2.76 bits per heavy atom. The Bertz CT molecular complexity index is 864. The number of amides is 1. The first-order chi connectivity index (χ1) is 12.2. The Kier molecular flexibility index (Phi) is 4.11. The van der Waals surface area contributed by atoms with Gasteiger partial charge in [-0.15, -0.1) is 0 Å². The number of thiocarbonyl (C=S) groups is 1. The Labute approximate surface area is 150 Å². The SMILES string of the molecule is O=C1/C(=C/c2ccc3c(c2)OCO3)NC(=S)N1CCc1ccccc1. The number of fused-ring (bicyclic) bond motifs is 1. The van der Waals surface area contributed by atoms with Crippen molar-refractivity contribution < 1.29 is 14.3 Å². The number of nitrogens with one attached hydrogen (secondary N) is 1. The molecule has 1 amide bonds. The molecule has 126 valence electrons. The van der Waals surface area contributed by atoms with Crippen molar-refractivity contribution in [3.8, 4) is 11.5 Å². The van der Waals surface area contributed by atoms with Crippen LogP contribution in [0.1, 0.15) is 11.1 Å². The number of carbonyl (C=O) groups is 1. The molecule has 0 saturated carbocycles. The van der Waals surface area contributed by atoms with Gasteiger partial charge in [0.1, 0.15) is 5.70 Å². The van der Waals surface area contributed by atoms with Crippen LogP contribution in [0, 0.1) is 0 Å². The number of nitrogens with zero attached hydrogens (tertiary/aromatic N) is 1. The van der Waals surface area contributed by atoms with Gasteiger partial charge in [-0.3, -0.25) is 9.69 Å². The van der Waals surface area contributed by atoms with E-state index >= 15 is 0 Å². The number of benzene rings is 2. The highest BCUT2D eigenvalue weighted by molar-refractivity contribution is 7.80. The van der Waals surface area contributed by atoms with Gasteiger partial charge in [0.15, 0.2) is 16.6 Å². The zero-order chi connectivity index (χ0) is 17.2. The predicted octanol–water partition coefficient (Wildman–Crippen LogP) is 2.72. The Morgan fingerprint density at radius 2 is 1.92 bits per heavy atom. The quantitative estimate of drug-likeness (QED) is 0.677. The van der Waals surface area contributed by atoms with Crippen LogP contribution in [-0.2, 0) is 11.2 Å². The van der Waals surface area contributed by atoms with Crippen molar-refractivity contribution >= 4 is 29.3 Å². The van der Waals surface area contributed by atoms with Gasteiger partial charge in [0.25, 0.3) is 5.91 Å². The first-order valence-corrected chi connectivity index (χ1v) is 8.40. The van der Waals surface area contributed by atoms with E-state index < -0.39 is 0 Å². The number of carbonyl (C=O) groups excluding carboxylic acids is 1. The number of hydrogen-bond donors (Lipinski definition) is 1. The van der Waals surface area contributed by atoms with Crippen LogP contribution in [0.5, 0.6) is 11.5 Å². The first kappa shape index (κ1) is 15.7. The van der Waals surface area contributed by atoms with E-state index in [1.165, 1.54) is 5.56 Å². The normalized spacial score (nSPS) is 17.3. The zero-order valence-electron chi connectivity index (χ0n) is 13.4. The van der Waals surface area contributed by atoms with Crippen LogP contribution in [0.25, 0.3) is 6.08 Å². The van der Waals surface area contributed by atoms with Gasteiger partial charge < -0.3 is 14.8 Å². The summed E-state index contributed by atoms with van der Waals surface area (Å²) in [5, 5.41) is 3.44. The summed E-state index contributed by atoms with van der Waals surface area (Å²) in [6.07, 6.45) is 2.53. The zero-order valence-corrected chi connectivity index (χ0v) is 14.2. The fourth-order valence-electron chi connectivity index (χ4n) is 2.83. The van der Waals surface area contributed by atoms with E-state index in [-0.39, 0.29) is 12.7 Å². The van der Waals surface area contributed by atoms with Gasteiger partial charge in [-0.1, -0.05) is 36.4 Å². The second-order valence-electron chi connectivity index (χ2n) is 5.79. The lowest BCUT2D eigenvalue weighted by molar-refractivity contribution is -0.122. The van der Waals surface area contributed by atoms with E-state index in [1.807, 2.05) is 48.5 Å². The minimum Gasteiger partial charge on any atom is -0.454 e. The summed E-state index contributed by atoms with van der Waals surface area (Å²) in [5.74, 6) is 1.29. The molecule has 2 aromatic carbocycles. The second kappa shape index (κ2) is 6.57. The Morgan fingerprint density at radius 1 is 1.12 bits per heavy atom. The molecule has 0 aromatic heterocycles. The molecule has 6 heteroatoms. The molecule has 1 N–H and O–H groups in total. The van der Waals surface area contributed by atoms with E-state index in [0.717, 1.165) is 12.0 Å². The third kappa shape index (κ3) is 3.21. The summed E-state index contributed by atoms with van der Waals surface area (Å²) in [5.41, 5.74) is 2.50. The molecule has 0 radical (unpaired) electrons. The van der Waals surface area contributed by atoms with E-state index in [1.54, 1.807) is 11.0 Å². The van der Waals surface area contributed by atoms with Crippen LogP contribution in [0.4, 0.5) is 0 Å². The first-order valence-electron chi connectivity index (χ1n) is 7.99. The Balaban J connectivity index is 1.49. The molecule has 1 fully saturated rings. The summed E-state index contributed by atoms with van der Waals surface area (Å²) in [6, 6.07) is 15.6. The second-order valence-corrected chi connectivity index (χ2v) is 6.18. The molecule has 0 aliphatic carbocycles. The summed E-state index contributed by atoms with van der Waals surface area (Å²) in [7, 11) is 0. The standard InChI is InChI=1S/C19H16N2O3S/c22-18-15(10-14-6-7-16-17(11-14)24-12-23-16)20-19(25)21(18)9-8-13-4-2-1-3-5-13/h1-7,10-11H,8-9,12H2,(H,20,25)/b15-10-. The monoisotopic (exact) mass is 352 g/mol. The average molecular weight is 352 g/mol. The van der Waals surface area contributed by atoms with Gasteiger partial charge >= 0.3 is 0 Å². The van der Waals surface area contributed by atoms with Crippen molar-refractivity contribution in [1.29, 1.82) is 0 Å². The molecule has 0 unspecified atom stereocenters. The molecule has 1 saturated heterocycles. The molecule has 0 spiro atoms. The molecule has 5 nitrogen and oxygen atoms in total. The van der Waals surface area contributed by atoms with E-state index in [2.05, 4.69) is 5.32 Å². The van der Waals surface area contributed by atoms with E-state index in [9.17, 15) is 4.79 Å². The van der Waals surface area contributed by atoms with Crippen LogP contribution >= 0.6 is 12.2 Å². The Hall–Kier alpha value is -2.86. The number of ether oxygens (including phenoxy) is 2. The predicted molar refractivity (Wildman–Crippen MR) is 98.1 cm³/mol. The summed E-state index contributed by atoms with van der Waals surface area (Å²) in [6.45, 7) is 0.775. The fourth-order valence-corrected chi connectivity index (χ4v) is 3.11. The minimum atomic E-state index is -0.112. The van der Waals surface area contributed by atoms with Crippen molar-refractivity contribution in [2.75, 3.05) is 13.3 Å². The maximum absolute atomic E-state index is 12.6. The van der Waals surface area contributed by atoms with E-state index in [0.29, 0.717) is 28.9 Å². The van der Waals surface area contributed by atoms with Crippen LogP contribution < -0.4 is 14.8 Å². The lowest BCUT2D eigenvalue weighted by Crippen LogP contribution is -2.32. The highest BCUT2D eigenvalue weighted by atomic mass is 32.1. The molecular formula is C19H16N2O3S. The largest absolute Gasteiger partial charge is 0.454 e. The molecule has 0 bridgehead atoms. The highest BCUT2D eigenvalue weighted by Gasteiger charge is 2.30. The van der Waals surface area contributed by atoms with Crippen LogP contribution in [-0.4, -0.2) is 29.3 Å². The molecule has 25 heavy (non-hydrogen) atoms. The smallest absolute Gasteiger partial charge is 0.276 e. The van der Waals surface area contributed by atoms with E-state index in [4.69, 9.17) is 21.7 Å². The minimum absolute atomic E-state index is 0.112. The van der Waals surface area contributed by atoms with Gasteiger partial charge in [0.2, 0.25) is 6.79 Å². The van der Waals surface area contributed by atoms with Crippen molar-refractivity contribution in [2.24, 2.45) is 0 Å². The van der Waals surface area contributed by atoms with Crippen molar-refractivity contribution in [3.63, 3.8) is 0 Å². The summed E-state index contributed by atoms with van der Waals surface area (Å²) >= 11 is 5.31. The van der Waals surface area contributed by atoms with Crippen molar-refractivity contribution in [3.05, 3.63) is 65.4 Å². The summed E-state index contributed by atoms with van der Waals surface area (Å²) < 4.78 is 10.7. The third-order valence-electron chi connectivity index (χ3n) is 4.14. The third-order valence-corrected chi connectivity index (χ3v) is 4.46. The maximum atomic E-state index is 12.6. The number of rotatable bonds is 4. The fraction of sp³-hybridized carbons (Fsp3) is 0.158. The summed E-state index contributed by atoms with van der Waals surface area (Å²) in [4.78, 5) is 14.2. The van der Waals surface area contributed by atoms with Gasteiger partial charge in [-0.05, 0) is 48.0 Å². The van der Waals surface area contributed by atoms with Crippen LogP contribution in [0.2, 0.25) is 0 Å². The number of hydrogen-bond acceptors (Lipinski definition) is 4. The molecule has 4 rings (SSSR count). The highest BCUT2D eigenvalue weighted by Crippen LogP contribution is 2.33. The average Bonchev–Trinajstić information content (AvgIpc) is 3.19. The van der Waals surface area contributed by atoms with Crippen LogP contribution in [0.15, 0.2) is 54.2 Å². The van der Waals surface area contributed by atoms with Gasteiger partial charge in [0.05, 0.1) is 0 Å². The molecule has 2 aliphatic rings. The lowest BCUT2D eigenvalue weighted by Gasteiger charge is -2.13. The van der Waals surface area contributed by atoms with Gasteiger partial charge in [-0.25, -0.2) is 0 Å². The molecule has 2 aromatic rings. The molecule has 0 atom stereocenters. The lowest BCUT2D eigenvalue weighted by atomic mass is 10.1. The van der Waals surface area contributed by atoms with Crippen molar-refractivity contribution in [1.82, 2.24) is 10.2 Å². The molecule has 2 aliphatic heterocycles. The van der Waals surface area contributed by atoms with Crippen molar-refractivity contribution in [2.45, 2.75) is 6.42 Å². The van der Waals surface area contributed by atoms with Gasteiger partial charge in [0, 0.05) is 6.54 Å². The van der Waals surface area contributed by atoms with Crippen LogP contribution in [0.3, 0.4) is 0 Å². The molecule has 2 heterocycles. The maximum Gasteiger partial charge on any atom is 0.276 e.